The summed E-state index contributed by atoms with van der Waals surface area (Å²) >= 11 is 0. The van der Waals surface area contributed by atoms with Gasteiger partial charge in [0.25, 0.3) is 0 Å². The lowest BCUT2D eigenvalue weighted by molar-refractivity contribution is 0.413. The molecule has 1 N–H and O–H groups in total. The second-order valence-electron chi connectivity index (χ2n) is 7.37. The van der Waals surface area contributed by atoms with Crippen LogP contribution in [-0.2, 0) is 6.42 Å². The largest absolute Gasteiger partial charge is 0.497 e. The molecular formula is C23H22N4O. The number of pyridine rings is 1. The molecule has 1 aliphatic heterocycles. The summed E-state index contributed by atoms with van der Waals surface area (Å²) < 4.78 is 5.41. The molecular weight excluding hydrogens is 348 g/mol. The molecule has 5 nitrogen and oxygen atoms in total. The molecule has 2 aromatic heterocycles. The fourth-order valence-electron chi connectivity index (χ4n) is 4.11. The SMILES string of the molecule is COc1ccc2c(c1)CC(c1nc3ccc(-c4ccncc4)cc3[nH]1)CN2C. The third kappa shape index (κ3) is 2.89. The Morgan fingerprint density at radius 3 is 2.71 bits per heavy atom. The van der Waals surface area contributed by atoms with Crippen molar-refractivity contribution in [3.05, 3.63) is 72.3 Å². The normalized spacial score (nSPS) is 16.2. The van der Waals surface area contributed by atoms with Crippen LogP contribution in [0.2, 0.25) is 0 Å². The Labute approximate surface area is 164 Å². The van der Waals surface area contributed by atoms with Crippen molar-refractivity contribution in [3.63, 3.8) is 0 Å². The van der Waals surface area contributed by atoms with Crippen LogP contribution in [0.3, 0.4) is 0 Å². The first-order valence-electron chi connectivity index (χ1n) is 9.49. The van der Waals surface area contributed by atoms with Gasteiger partial charge in [-0.2, -0.15) is 0 Å². The minimum Gasteiger partial charge on any atom is -0.497 e. The van der Waals surface area contributed by atoms with Crippen LogP contribution in [0.5, 0.6) is 5.75 Å². The Bertz CT molecular complexity index is 1140. The van der Waals surface area contributed by atoms with Crippen LogP contribution < -0.4 is 9.64 Å². The highest BCUT2D eigenvalue weighted by Gasteiger charge is 2.26. The average Bonchev–Trinajstić information content (AvgIpc) is 3.17. The minimum atomic E-state index is 0.321. The standard InChI is InChI=1S/C23H22N4O/c1-27-14-18(11-17-12-19(28-2)4-6-22(17)27)23-25-20-5-3-16(13-21(20)26-23)15-7-9-24-10-8-15/h3-10,12-13,18H,11,14H2,1-2H3,(H,25,26). The molecule has 0 aliphatic carbocycles. The van der Waals surface area contributed by atoms with Gasteiger partial charge in [0.15, 0.2) is 0 Å². The predicted octanol–water partition coefficient (Wildman–Crippen LogP) is 4.41. The van der Waals surface area contributed by atoms with Gasteiger partial charge >= 0.3 is 0 Å². The van der Waals surface area contributed by atoms with Crippen molar-refractivity contribution in [1.82, 2.24) is 15.0 Å². The summed E-state index contributed by atoms with van der Waals surface area (Å²) in [6.45, 7) is 0.941. The molecule has 5 rings (SSSR count). The van der Waals surface area contributed by atoms with Gasteiger partial charge in [-0.15, -0.1) is 0 Å². The Morgan fingerprint density at radius 1 is 1.04 bits per heavy atom. The van der Waals surface area contributed by atoms with Gasteiger partial charge in [0, 0.05) is 37.6 Å². The van der Waals surface area contributed by atoms with E-state index < -0.39 is 0 Å². The minimum absolute atomic E-state index is 0.321. The highest BCUT2D eigenvalue weighted by Crippen LogP contribution is 2.35. The Kier molecular flexibility index (Phi) is 4.01. The molecule has 5 heteroatoms. The first-order valence-corrected chi connectivity index (χ1v) is 9.49. The third-order valence-electron chi connectivity index (χ3n) is 5.56. The number of aromatic nitrogens is 3. The zero-order chi connectivity index (χ0) is 19.1. The Hall–Kier alpha value is -3.34. The lowest BCUT2D eigenvalue weighted by Gasteiger charge is -2.32. The van der Waals surface area contributed by atoms with Gasteiger partial charge in [-0.05, 0) is 65.6 Å². The lowest BCUT2D eigenvalue weighted by atomic mass is 9.92. The van der Waals surface area contributed by atoms with Crippen molar-refractivity contribution in [3.8, 4) is 16.9 Å². The van der Waals surface area contributed by atoms with Gasteiger partial charge in [0.1, 0.15) is 11.6 Å². The van der Waals surface area contributed by atoms with E-state index in [0.29, 0.717) is 5.92 Å². The van der Waals surface area contributed by atoms with Crippen molar-refractivity contribution in [1.29, 1.82) is 0 Å². The van der Waals surface area contributed by atoms with Crippen molar-refractivity contribution < 1.29 is 4.74 Å². The molecule has 3 heterocycles. The van der Waals surface area contributed by atoms with Gasteiger partial charge in [0.2, 0.25) is 0 Å². The number of aromatic amines is 1. The first kappa shape index (κ1) is 16.8. The molecule has 0 fully saturated rings. The van der Waals surface area contributed by atoms with Gasteiger partial charge < -0.3 is 14.6 Å². The van der Waals surface area contributed by atoms with Gasteiger partial charge in [-0.3, -0.25) is 4.98 Å². The van der Waals surface area contributed by atoms with E-state index in [2.05, 4.69) is 52.2 Å². The summed E-state index contributed by atoms with van der Waals surface area (Å²) in [7, 11) is 3.85. The number of benzene rings is 2. The van der Waals surface area contributed by atoms with Crippen LogP contribution in [0, 0.1) is 0 Å². The molecule has 0 bridgehead atoms. The number of H-pyrrole nitrogens is 1. The molecule has 1 aliphatic rings. The zero-order valence-electron chi connectivity index (χ0n) is 16.0. The molecule has 4 aromatic rings. The molecule has 140 valence electrons. The number of imidazole rings is 1. The molecule has 0 amide bonds. The highest BCUT2D eigenvalue weighted by molar-refractivity contribution is 5.82. The maximum absolute atomic E-state index is 5.41. The number of likely N-dealkylation sites (N-methyl/N-ethyl adjacent to an activating group) is 1. The number of nitrogens with zero attached hydrogens (tertiary/aromatic N) is 3. The maximum atomic E-state index is 5.41. The van der Waals surface area contributed by atoms with E-state index in [1.54, 1.807) is 7.11 Å². The van der Waals surface area contributed by atoms with E-state index in [9.17, 15) is 0 Å². The lowest BCUT2D eigenvalue weighted by Crippen LogP contribution is -2.31. The van der Waals surface area contributed by atoms with Crippen molar-refractivity contribution >= 4 is 16.7 Å². The topological polar surface area (TPSA) is 54.0 Å². The van der Waals surface area contributed by atoms with E-state index >= 15 is 0 Å². The summed E-state index contributed by atoms with van der Waals surface area (Å²) in [6.07, 6.45) is 4.59. The molecule has 0 saturated heterocycles. The molecule has 1 atom stereocenters. The smallest absolute Gasteiger partial charge is 0.119 e. The van der Waals surface area contributed by atoms with Crippen LogP contribution >= 0.6 is 0 Å². The number of nitrogens with one attached hydrogen (secondary N) is 1. The maximum Gasteiger partial charge on any atom is 0.119 e. The van der Waals surface area contributed by atoms with Crippen molar-refractivity contribution in [2.75, 3.05) is 25.6 Å². The second-order valence-corrected chi connectivity index (χ2v) is 7.37. The van der Waals surface area contributed by atoms with Crippen LogP contribution in [0.4, 0.5) is 5.69 Å². The molecule has 2 aromatic carbocycles. The molecule has 0 saturated carbocycles. The van der Waals surface area contributed by atoms with Gasteiger partial charge in [-0.1, -0.05) is 6.07 Å². The number of anilines is 1. The van der Waals surface area contributed by atoms with E-state index in [1.807, 2.05) is 30.6 Å². The fourth-order valence-corrected chi connectivity index (χ4v) is 4.11. The van der Waals surface area contributed by atoms with Crippen molar-refractivity contribution in [2.45, 2.75) is 12.3 Å². The summed E-state index contributed by atoms with van der Waals surface area (Å²) in [4.78, 5) is 14.9. The van der Waals surface area contributed by atoms with Crippen LogP contribution in [-0.4, -0.2) is 35.7 Å². The van der Waals surface area contributed by atoms with Crippen molar-refractivity contribution in [2.24, 2.45) is 0 Å². The second kappa shape index (κ2) is 6.68. The predicted molar refractivity (Wildman–Crippen MR) is 112 cm³/mol. The fraction of sp³-hybridized carbons (Fsp3) is 0.217. The summed E-state index contributed by atoms with van der Waals surface area (Å²) in [5.41, 5.74) is 6.98. The number of fused-ring (bicyclic) bond motifs is 2. The van der Waals surface area contributed by atoms with Gasteiger partial charge in [0.05, 0.1) is 18.1 Å². The molecule has 0 radical (unpaired) electrons. The number of rotatable bonds is 3. The van der Waals surface area contributed by atoms with Crippen LogP contribution in [0.1, 0.15) is 17.3 Å². The number of hydrogen-bond donors (Lipinski definition) is 1. The van der Waals surface area contributed by atoms with Crippen LogP contribution in [0.25, 0.3) is 22.2 Å². The average molecular weight is 370 g/mol. The number of methoxy groups -OCH3 is 1. The summed E-state index contributed by atoms with van der Waals surface area (Å²) in [5.74, 6) is 2.27. The molecule has 1 unspecified atom stereocenters. The first-order chi connectivity index (χ1) is 13.7. The Morgan fingerprint density at radius 2 is 1.89 bits per heavy atom. The van der Waals surface area contributed by atoms with E-state index in [4.69, 9.17) is 9.72 Å². The zero-order valence-corrected chi connectivity index (χ0v) is 16.0. The quantitative estimate of drug-likeness (QED) is 0.580. The van der Waals surface area contributed by atoms with E-state index in [-0.39, 0.29) is 0 Å². The number of ether oxygens (including phenoxy) is 1. The summed E-state index contributed by atoms with van der Waals surface area (Å²) in [6, 6.07) is 16.7. The summed E-state index contributed by atoms with van der Waals surface area (Å²) in [5, 5.41) is 0. The molecule has 28 heavy (non-hydrogen) atoms. The monoisotopic (exact) mass is 370 g/mol. The third-order valence-corrected chi connectivity index (χ3v) is 5.56. The molecule has 0 spiro atoms. The highest BCUT2D eigenvalue weighted by atomic mass is 16.5. The van der Waals surface area contributed by atoms with E-state index in [0.717, 1.165) is 41.1 Å². The Balaban J connectivity index is 1.49. The number of hydrogen-bond acceptors (Lipinski definition) is 4. The van der Waals surface area contributed by atoms with E-state index in [1.165, 1.54) is 16.8 Å². The van der Waals surface area contributed by atoms with Gasteiger partial charge in [-0.25, -0.2) is 4.98 Å². The van der Waals surface area contributed by atoms with Crippen LogP contribution in [0.15, 0.2) is 60.9 Å².